The van der Waals surface area contributed by atoms with E-state index in [2.05, 4.69) is 28.9 Å². The molecule has 7 heteroatoms. The van der Waals surface area contributed by atoms with E-state index in [1.54, 1.807) is 23.0 Å². The van der Waals surface area contributed by atoms with Crippen molar-refractivity contribution in [3.8, 4) is 0 Å². The minimum atomic E-state index is 0.171. The molecule has 0 radical (unpaired) electrons. The summed E-state index contributed by atoms with van der Waals surface area (Å²) < 4.78 is 1.62. The van der Waals surface area contributed by atoms with E-state index >= 15 is 0 Å². The number of amides is 1. The standard InChI is InChI=1S/C14H19N5OS/c1-10-6-11(2)8-18(7-10)12(20)9-21-14-16-13-15-4-3-5-19(13)17-14/h3-5,10-11H,6-9H2,1-2H3/t10-,11+. The zero-order chi connectivity index (χ0) is 14.8. The predicted molar refractivity (Wildman–Crippen MR) is 81.0 cm³/mol. The molecule has 1 aliphatic rings. The number of hydrogen-bond acceptors (Lipinski definition) is 5. The molecule has 3 heterocycles. The molecule has 2 aromatic heterocycles. The highest BCUT2D eigenvalue weighted by molar-refractivity contribution is 7.99. The summed E-state index contributed by atoms with van der Waals surface area (Å²) >= 11 is 1.38. The Bertz CT molecular complexity index is 600. The van der Waals surface area contributed by atoms with Gasteiger partial charge in [-0.05, 0) is 24.3 Å². The lowest BCUT2D eigenvalue weighted by atomic mass is 9.92. The van der Waals surface area contributed by atoms with Gasteiger partial charge in [-0.1, -0.05) is 25.6 Å². The van der Waals surface area contributed by atoms with Crippen molar-refractivity contribution in [2.24, 2.45) is 11.8 Å². The molecule has 6 nitrogen and oxygen atoms in total. The summed E-state index contributed by atoms with van der Waals surface area (Å²) in [6, 6.07) is 1.80. The lowest BCUT2D eigenvalue weighted by Gasteiger charge is -2.34. The minimum Gasteiger partial charge on any atom is -0.341 e. The number of carbonyl (C=O) groups is 1. The summed E-state index contributed by atoms with van der Waals surface area (Å²) in [6.07, 6.45) is 4.69. The molecule has 0 aromatic carbocycles. The molecule has 1 saturated heterocycles. The molecular weight excluding hydrogens is 286 g/mol. The smallest absolute Gasteiger partial charge is 0.253 e. The van der Waals surface area contributed by atoms with E-state index in [1.165, 1.54) is 18.2 Å². The van der Waals surface area contributed by atoms with Crippen LogP contribution in [0.2, 0.25) is 0 Å². The molecule has 1 amide bonds. The van der Waals surface area contributed by atoms with E-state index < -0.39 is 0 Å². The Hall–Kier alpha value is -1.63. The van der Waals surface area contributed by atoms with E-state index in [9.17, 15) is 4.79 Å². The highest BCUT2D eigenvalue weighted by Gasteiger charge is 2.25. The Morgan fingerprint density at radius 3 is 2.86 bits per heavy atom. The highest BCUT2D eigenvalue weighted by Crippen LogP contribution is 2.22. The molecule has 2 atom stereocenters. The van der Waals surface area contributed by atoms with Crippen LogP contribution in [-0.2, 0) is 4.79 Å². The maximum atomic E-state index is 12.3. The summed E-state index contributed by atoms with van der Waals surface area (Å²) in [5.41, 5.74) is 0. The van der Waals surface area contributed by atoms with E-state index in [1.807, 2.05) is 4.90 Å². The summed E-state index contributed by atoms with van der Waals surface area (Å²) in [4.78, 5) is 22.7. The minimum absolute atomic E-state index is 0.171. The fourth-order valence-corrected chi connectivity index (χ4v) is 3.59. The van der Waals surface area contributed by atoms with Gasteiger partial charge < -0.3 is 4.90 Å². The Kier molecular flexibility index (Phi) is 4.10. The summed E-state index contributed by atoms with van der Waals surface area (Å²) in [7, 11) is 0. The van der Waals surface area contributed by atoms with E-state index in [4.69, 9.17) is 0 Å². The highest BCUT2D eigenvalue weighted by atomic mass is 32.2. The van der Waals surface area contributed by atoms with Gasteiger partial charge in [0.05, 0.1) is 5.75 Å². The largest absolute Gasteiger partial charge is 0.341 e. The summed E-state index contributed by atoms with van der Waals surface area (Å²) in [5, 5.41) is 4.89. The van der Waals surface area contributed by atoms with Gasteiger partial charge in [0.1, 0.15) is 0 Å². The molecule has 1 fully saturated rings. The van der Waals surface area contributed by atoms with Crippen LogP contribution in [0, 0.1) is 11.8 Å². The lowest BCUT2D eigenvalue weighted by molar-refractivity contribution is -0.130. The Morgan fingerprint density at radius 2 is 2.14 bits per heavy atom. The van der Waals surface area contributed by atoms with Crippen molar-refractivity contribution in [1.82, 2.24) is 24.5 Å². The van der Waals surface area contributed by atoms with Crippen molar-refractivity contribution in [3.05, 3.63) is 18.5 Å². The van der Waals surface area contributed by atoms with E-state index in [0.29, 0.717) is 28.5 Å². The molecule has 0 N–H and O–H groups in total. The molecule has 1 aliphatic heterocycles. The van der Waals surface area contributed by atoms with E-state index in [0.717, 1.165) is 13.1 Å². The van der Waals surface area contributed by atoms with Gasteiger partial charge in [-0.2, -0.15) is 4.98 Å². The van der Waals surface area contributed by atoms with Crippen molar-refractivity contribution in [3.63, 3.8) is 0 Å². The van der Waals surface area contributed by atoms with Gasteiger partial charge in [-0.15, -0.1) is 5.10 Å². The quantitative estimate of drug-likeness (QED) is 0.808. The molecule has 0 aliphatic carbocycles. The Morgan fingerprint density at radius 1 is 1.38 bits per heavy atom. The molecule has 0 spiro atoms. The van der Waals surface area contributed by atoms with Crippen LogP contribution in [0.1, 0.15) is 20.3 Å². The molecular formula is C14H19N5OS. The van der Waals surface area contributed by atoms with Crippen LogP contribution in [0.3, 0.4) is 0 Å². The van der Waals surface area contributed by atoms with Crippen LogP contribution >= 0.6 is 11.8 Å². The van der Waals surface area contributed by atoms with Crippen molar-refractivity contribution >= 4 is 23.4 Å². The van der Waals surface area contributed by atoms with E-state index in [-0.39, 0.29) is 5.91 Å². The lowest BCUT2D eigenvalue weighted by Crippen LogP contribution is -2.43. The molecule has 2 aromatic rings. The first kappa shape index (κ1) is 14.3. The number of aromatic nitrogens is 4. The van der Waals surface area contributed by atoms with Crippen LogP contribution < -0.4 is 0 Å². The number of fused-ring (bicyclic) bond motifs is 1. The zero-order valence-corrected chi connectivity index (χ0v) is 13.1. The Labute approximate surface area is 128 Å². The van der Waals surface area contributed by atoms with Crippen LogP contribution in [-0.4, -0.2) is 49.2 Å². The number of hydrogen-bond donors (Lipinski definition) is 0. The Balaban J connectivity index is 1.60. The first-order valence-corrected chi connectivity index (χ1v) is 8.18. The number of rotatable bonds is 3. The summed E-state index contributed by atoms with van der Waals surface area (Å²) in [5.74, 6) is 2.29. The SMILES string of the molecule is C[C@@H]1C[C@H](C)CN(C(=O)CSc2nc3ncccn3n2)C1. The predicted octanol–water partition coefficient (Wildman–Crippen LogP) is 1.72. The van der Waals surface area contributed by atoms with Crippen molar-refractivity contribution in [1.29, 1.82) is 0 Å². The van der Waals surface area contributed by atoms with Crippen LogP contribution in [0.4, 0.5) is 0 Å². The fourth-order valence-electron chi connectivity index (χ4n) is 2.86. The van der Waals surface area contributed by atoms with Crippen molar-refractivity contribution < 1.29 is 4.79 Å². The third-order valence-corrected chi connectivity index (χ3v) is 4.47. The number of piperidine rings is 1. The normalized spacial score (nSPS) is 22.7. The number of carbonyl (C=O) groups excluding carboxylic acids is 1. The molecule has 3 rings (SSSR count). The number of thioether (sulfide) groups is 1. The average molecular weight is 305 g/mol. The van der Waals surface area contributed by atoms with Crippen molar-refractivity contribution in [2.45, 2.75) is 25.4 Å². The monoisotopic (exact) mass is 305 g/mol. The number of nitrogens with zero attached hydrogens (tertiary/aromatic N) is 5. The first-order chi connectivity index (χ1) is 10.1. The van der Waals surface area contributed by atoms with Gasteiger partial charge in [0, 0.05) is 25.5 Å². The second-order valence-corrected chi connectivity index (χ2v) is 6.73. The van der Waals surface area contributed by atoms with Gasteiger partial charge >= 0.3 is 0 Å². The molecule has 0 bridgehead atoms. The zero-order valence-electron chi connectivity index (χ0n) is 12.3. The molecule has 112 valence electrons. The van der Waals surface area contributed by atoms with Crippen molar-refractivity contribution in [2.75, 3.05) is 18.8 Å². The molecule has 0 saturated carbocycles. The van der Waals surface area contributed by atoms with Gasteiger partial charge in [0.15, 0.2) is 0 Å². The second kappa shape index (κ2) is 6.01. The molecule has 21 heavy (non-hydrogen) atoms. The van der Waals surface area contributed by atoms with Crippen LogP contribution in [0.15, 0.2) is 23.6 Å². The third-order valence-electron chi connectivity index (χ3n) is 3.64. The topological polar surface area (TPSA) is 63.4 Å². The maximum absolute atomic E-state index is 12.3. The fraction of sp³-hybridized carbons (Fsp3) is 0.571. The summed E-state index contributed by atoms with van der Waals surface area (Å²) in [6.45, 7) is 6.14. The van der Waals surface area contributed by atoms with Crippen LogP contribution in [0.25, 0.3) is 5.78 Å². The van der Waals surface area contributed by atoms with Crippen LogP contribution in [0.5, 0.6) is 0 Å². The third kappa shape index (κ3) is 3.34. The van der Waals surface area contributed by atoms with Gasteiger partial charge in [-0.3, -0.25) is 4.79 Å². The maximum Gasteiger partial charge on any atom is 0.253 e. The number of likely N-dealkylation sites (tertiary alicyclic amines) is 1. The van der Waals surface area contributed by atoms with Gasteiger partial charge in [0.2, 0.25) is 11.1 Å². The second-order valence-electron chi connectivity index (χ2n) is 5.79. The first-order valence-electron chi connectivity index (χ1n) is 7.20. The average Bonchev–Trinajstić information content (AvgIpc) is 2.86. The molecule has 0 unspecified atom stereocenters. The van der Waals surface area contributed by atoms with Gasteiger partial charge in [0.25, 0.3) is 5.78 Å². The van der Waals surface area contributed by atoms with Gasteiger partial charge in [-0.25, -0.2) is 9.50 Å².